The number of hydrogen-bond acceptors (Lipinski definition) is 13. The Morgan fingerprint density at radius 3 is 2.00 bits per heavy atom. The molecule has 0 rings (SSSR count). The maximum atomic E-state index is 11.1. The second kappa shape index (κ2) is 16.2. The topological polar surface area (TPSA) is 145 Å². The molecule has 11 nitrogen and oxygen atoms in total. The molecule has 0 aromatic heterocycles. The van der Waals surface area contributed by atoms with Gasteiger partial charge in [0.15, 0.2) is 6.80 Å². The van der Waals surface area contributed by atoms with Crippen LogP contribution in [0.3, 0.4) is 0 Å². The Morgan fingerprint density at radius 2 is 1.56 bits per heavy atom. The van der Waals surface area contributed by atoms with Crippen LogP contribution in [-0.2, 0) is 72.3 Å². The quantitative estimate of drug-likeness (QED) is 0.193. The summed E-state index contributed by atoms with van der Waals surface area (Å²) in [5, 5.41) is 9.30. The van der Waals surface area contributed by atoms with E-state index in [9.17, 15) is 19.5 Å². The first-order valence-corrected chi connectivity index (χ1v) is 14.8. The Hall–Kier alpha value is 1.48. The van der Waals surface area contributed by atoms with Crippen LogP contribution in [0.25, 0.3) is 0 Å². The Balaban J connectivity index is 0. The van der Waals surface area contributed by atoms with Crippen molar-refractivity contribution in [2.45, 2.75) is 12.5 Å². The molecule has 0 saturated carbocycles. The van der Waals surface area contributed by atoms with Gasteiger partial charge in [0.05, 0.1) is 19.8 Å². The van der Waals surface area contributed by atoms with Gasteiger partial charge in [-0.25, -0.2) is 0 Å². The van der Waals surface area contributed by atoms with E-state index >= 15 is 0 Å². The Kier molecular flexibility index (Phi) is 18.4. The summed E-state index contributed by atoms with van der Waals surface area (Å²) < 4.78 is 43.1. The van der Waals surface area contributed by atoms with Crippen LogP contribution in [0, 0.1) is 0 Å². The lowest BCUT2D eigenvalue weighted by Crippen LogP contribution is -2.20. The van der Waals surface area contributed by atoms with Gasteiger partial charge in [0.2, 0.25) is 0 Å². The minimum atomic E-state index is -3.54. The van der Waals surface area contributed by atoms with Crippen molar-refractivity contribution >= 4 is 56.1 Å². The van der Waals surface area contributed by atoms with Gasteiger partial charge in [-0.1, -0.05) is 11.8 Å². The van der Waals surface area contributed by atoms with E-state index in [0.29, 0.717) is 19.6 Å². The zero-order valence-corrected chi connectivity index (χ0v) is 20.4. The maximum Gasteiger partial charge on any atom is 0.324 e. The summed E-state index contributed by atoms with van der Waals surface area (Å²) in [6, 6.07) is 0. The molecule has 27 heavy (non-hydrogen) atoms. The molecule has 166 valence electrons. The summed E-state index contributed by atoms with van der Waals surface area (Å²) in [5.74, 6) is 0. The van der Waals surface area contributed by atoms with E-state index in [2.05, 4.69) is 54.0 Å². The van der Waals surface area contributed by atoms with E-state index in [0.717, 1.165) is 7.11 Å². The summed E-state index contributed by atoms with van der Waals surface area (Å²) in [4.78, 5) is 20.1. The molecule has 0 aliphatic carbocycles. The van der Waals surface area contributed by atoms with Crippen LogP contribution < -0.4 is 4.89 Å². The standard InChI is InChI=1S/C5H14O7P2S2.C5H13O4PS/c1-9-13(7,15)11-3-5(6)4-12-14(8,16)10-2;1-7-4-3-5-9-10(6,11)8-2/h5-6H,3-4H2,1-2H3,(H,7,15)(H,8,16);3-5H2,1-2H3,(H,6,11)/p-2. The van der Waals surface area contributed by atoms with Crippen molar-refractivity contribution in [1.29, 1.82) is 0 Å². The third-order valence-electron chi connectivity index (χ3n) is 2.28. The lowest BCUT2D eigenvalue weighted by atomic mass is 10.4. The first kappa shape index (κ1) is 30.7. The van der Waals surface area contributed by atoms with Crippen LogP contribution >= 0.6 is 20.2 Å². The highest BCUT2D eigenvalue weighted by molar-refractivity contribution is 8.32. The van der Waals surface area contributed by atoms with Gasteiger partial charge in [0.1, 0.15) is 12.8 Å². The van der Waals surface area contributed by atoms with Crippen molar-refractivity contribution in [2.75, 3.05) is 54.9 Å². The highest BCUT2D eigenvalue weighted by Crippen LogP contribution is 2.45. The molecule has 0 saturated heterocycles. The molecule has 4 atom stereocenters. The number of rotatable bonds is 14. The van der Waals surface area contributed by atoms with Gasteiger partial charge in [0, 0.05) is 35.0 Å². The van der Waals surface area contributed by atoms with Crippen LogP contribution in [0.5, 0.6) is 0 Å². The first-order valence-electron chi connectivity index (χ1n) is 7.07. The van der Waals surface area contributed by atoms with E-state index in [1.807, 2.05) is 0 Å². The van der Waals surface area contributed by atoms with Gasteiger partial charge in [-0.2, -0.15) is 0 Å². The Morgan fingerprint density at radius 1 is 1.00 bits per heavy atom. The average molecular weight is 510 g/mol. The highest BCUT2D eigenvalue weighted by Gasteiger charge is 2.16. The molecule has 0 aromatic carbocycles. The zero-order valence-electron chi connectivity index (χ0n) is 15.2. The average Bonchev–Trinajstić information content (AvgIpc) is 2.62. The lowest BCUT2D eigenvalue weighted by Gasteiger charge is -2.24. The predicted molar refractivity (Wildman–Crippen MR) is 107 cm³/mol. The SMILES string of the molecule is COCCCOP([O-])(=S)OC.COP(=O)([S-])OCC(O)COP(O)(=S)OC. The largest absolute Gasteiger partial charge is 0.780 e. The second-order valence-electron chi connectivity index (χ2n) is 4.34. The maximum absolute atomic E-state index is 11.1. The number of ether oxygens (including phenoxy) is 1. The molecule has 0 heterocycles. The van der Waals surface area contributed by atoms with Crippen molar-refractivity contribution in [3.05, 3.63) is 0 Å². The van der Waals surface area contributed by atoms with E-state index in [1.165, 1.54) is 14.2 Å². The molecule has 0 fully saturated rings. The van der Waals surface area contributed by atoms with Gasteiger partial charge in [-0.05, 0) is 18.2 Å². The molecule has 0 aliphatic rings. The van der Waals surface area contributed by atoms with Crippen molar-refractivity contribution in [3.63, 3.8) is 0 Å². The third-order valence-corrected chi connectivity index (χ3v) is 7.36. The van der Waals surface area contributed by atoms with Gasteiger partial charge in [0.25, 0.3) is 0 Å². The molecule has 0 bridgehead atoms. The summed E-state index contributed by atoms with van der Waals surface area (Å²) in [7, 11) is 5.18. The minimum absolute atomic E-state index is 0.308. The van der Waals surface area contributed by atoms with Crippen LogP contribution in [0.1, 0.15) is 6.42 Å². The molecule has 0 aliphatic heterocycles. The molecule has 0 spiro atoms. The third kappa shape index (κ3) is 20.5. The smallest absolute Gasteiger partial charge is 0.324 e. The van der Waals surface area contributed by atoms with E-state index < -0.39 is 26.3 Å². The van der Waals surface area contributed by atoms with Crippen LogP contribution in [0.2, 0.25) is 0 Å². The molecule has 2 N–H and O–H groups in total. The van der Waals surface area contributed by atoms with Crippen LogP contribution in [0.15, 0.2) is 0 Å². The van der Waals surface area contributed by atoms with Gasteiger partial charge < -0.3 is 59.0 Å². The molecule has 4 unspecified atom stereocenters. The van der Waals surface area contributed by atoms with Gasteiger partial charge in [-0.15, -0.1) is 0 Å². The van der Waals surface area contributed by atoms with Crippen LogP contribution in [0.4, 0.5) is 0 Å². The van der Waals surface area contributed by atoms with Gasteiger partial charge >= 0.3 is 6.72 Å². The fraction of sp³-hybridized carbons (Fsp3) is 1.00. The van der Waals surface area contributed by atoms with Crippen molar-refractivity contribution in [3.8, 4) is 0 Å². The predicted octanol–water partition coefficient (Wildman–Crippen LogP) is 0.816. The monoisotopic (exact) mass is 510 g/mol. The van der Waals surface area contributed by atoms with Crippen molar-refractivity contribution in [2.24, 2.45) is 0 Å². The summed E-state index contributed by atoms with van der Waals surface area (Å²) in [6.07, 6.45) is -0.475. The molecule has 0 amide bonds. The normalized spacial score (nSPS) is 19.1. The van der Waals surface area contributed by atoms with E-state index in [1.54, 1.807) is 7.11 Å². The molecule has 0 radical (unpaired) electrons. The summed E-state index contributed by atoms with van der Waals surface area (Å²) in [5.41, 5.74) is 0. The minimum Gasteiger partial charge on any atom is -0.780 e. The van der Waals surface area contributed by atoms with Crippen molar-refractivity contribution in [1.82, 2.24) is 0 Å². The second-order valence-corrected chi connectivity index (χ2v) is 13.0. The fourth-order valence-electron chi connectivity index (χ4n) is 0.943. The zero-order chi connectivity index (χ0) is 21.6. The molecular formula is C10H25O11P3S3-2. The fourth-order valence-corrected chi connectivity index (χ4v) is 2.92. The van der Waals surface area contributed by atoms with Gasteiger partial charge in [-0.3, -0.25) is 4.57 Å². The first-order chi connectivity index (χ1) is 12.3. The molecular weight excluding hydrogens is 485 g/mol. The van der Waals surface area contributed by atoms with Crippen molar-refractivity contribution < 1.29 is 51.3 Å². The number of hydrogen-bond donors (Lipinski definition) is 2. The Labute approximate surface area is 174 Å². The number of aliphatic hydroxyl groups excluding tert-OH is 1. The van der Waals surface area contributed by atoms with E-state index in [-0.39, 0.29) is 13.2 Å². The highest BCUT2D eigenvalue weighted by atomic mass is 32.7. The Bertz CT molecular complexity index is 496. The lowest BCUT2D eigenvalue weighted by molar-refractivity contribution is -0.204. The molecule has 0 aromatic rings. The summed E-state index contributed by atoms with van der Waals surface area (Å²) >= 11 is 13.4. The molecule has 17 heteroatoms. The van der Waals surface area contributed by atoms with E-state index in [4.69, 9.17) is 13.8 Å². The number of aliphatic hydroxyl groups is 1. The van der Waals surface area contributed by atoms with Crippen LogP contribution in [-0.4, -0.2) is 71.0 Å². The summed E-state index contributed by atoms with van der Waals surface area (Å²) in [6.45, 7) is -9.83. The number of methoxy groups -OCH3 is 1.